The highest BCUT2D eigenvalue weighted by molar-refractivity contribution is 5.76. The fourth-order valence-electron chi connectivity index (χ4n) is 0.0768. The number of hydrogen-bond donors (Lipinski definition) is 0. The molecule has 0 aromatic heterocycles. The maximum atomic E-state index is 10.5. The average molecular weight is 92.1 g/mol. The second-order valence-electron chi connectivity index (χ2n) is 0.955. The minimum absolute atomic E-state index is 0.308. The Balaban J connectivity index is 2.83. The zero-order valence-corrected chi connectivity index (χ0v) is 3.40. The first kappa shape index (κ1) is 5.56. The minimum Gasteiger partial charge on any atom is -0.297 e. The number of rotatable bonds is 2. The van der Waals surface area contributed by atoms with E-state index in [0.29, 0.717) is 0 Å². The number of hydrogen-bond acceptors (Lipinski definition) is 2. The molecule has 6 heavy (non-hydrogen) atoms. The predicted octanol–water partition coefficient (Wildman–Crippen LogP) is 0.477. The third-order valence-electron chi connectivity index (χ3n) is 0.258. The van der Waals surface area contributed by atoms with Crippen molar-refractivity contribution in [3.8, 4) is 0 Å². The zero-order chi connectivity index (χ0) is 4.99. The van der Waals surface area contributed by atoms with Gasteiger partial charge in [0.2, 0.25) is 0 Å². The van der Waals surface area contributed by atoms with Crippen molar-refractivity contribution in [1.29, 1.82) is 0 Å². The average Bonchev–Trinajstić information content (AvgIpc) is 1.35. The van der Waals surface area contributed by atoms with Crippen LogP contribution in [0.25, 0.3) is 0 Å². The molecule has 3 heteroatoms. The number of carbonyl (C=O) groups excluding carboxylic acids is 1. The van der Waals surface area contributed by atoms with E-state index in [1.807, 2.05) is 0 Å². The maximum Gasteiger partial charge on any atom is 0.159 e. The normalized spacial score (nSPS) is 8.33. The predicted molar refractivity (Wildman–Crippen MR) is 17.7 cm³/mol. The van der Waals surface area contributed by atoms with E-state index < -0.39 is 6.61 Å². The number of ketones is 1. The molecular formula is C3H5FO2. The molecule has 36 valence electrons. The van der Waals surface area contributed by atoms with Crippen molar-refractivity contribution in [1.82, 2.24) is 0 Å². The molecule has 0 fully saturated rings. The smallest absolute Gasteiger partial charge is 0.159 e. The standard InChI is InChI=1S/C3H5FO2/c1-3(5)2-6-4/h2H2,1H3. The third kappa shape index (κ3) is 3.56. The second kappa shape index (κ2) is 2.78. The lowest BCUT2D eigenvalue weighted by atomic mass is 10.5. The van der Waals surface area contributed by atoms with Crippen LogP contribution in [0, 0.1) is 0 Å². The van der Waals surface area contributed by atoms with Gasteiger partial charge < -0.3 is 0 Å². The Morgan fingerprint density at radius 2 is 2.50 bits per heavy atom. The van der Waals surface area contributed by atoms with Crippen LogP contribution >= 0.6 is 0 Å². The van der Waals surface area contributed by atoms with Crippen LogP contribution < -0.4 is 0 Å². The Labute approximate surface area is 34.8 Å². The van der Waals surface area contributed by atoms with Gasteiger partial charge in [-0.25, -0.2) is 0 Å². The van der Waals surface area contributed by atoms with Crippen LogP contribution in [0.15, 0.2) is 0 Å². The van der Waals surface area contributed by atoms with Crippen LogP contribution in [0.4, 0.5) is 4.53 Å². The van der Waals surface area contributed by atoms with Gasteiger partial charge >= 0.3 is 0 Å². The van der Waals surface area contributed by atoms with Crippen molar-refractivity contribution in [2.24, 2.45) is 0 Å². The van der Waals surface area contributed by atoms with E-state index in [1.165, 1.54) is 6.92 Å². The fraction of sp³-hybridized carbons (Fsp3) is 0.667. The maximum absolute atomic E-state index is 10.5. The Bertz CT molecular complexity index is 52.8. The largest absolute Gasteiger partial charge is 0.297 e. The quantitative estimate of drug-likeness (QED) is 0.495. The Hall–Kier alpha value is -0.440. The molecule has 0 aliphatic rings. The van der Waals surface area contributed by atoms with E-state index in [0.717, 1.165) is 0 Å². The van der Waals surface area contributed by atoms with Gasteiger partial charge in [-0.2, -0.15) is 4.94 Å². The van der Waals surface area contributed by atoms with Crippen molar-refractivity contribution in [3.05, 3.63) is 0 Å². The van der Waals surface area contributed by atoms with Gasteiger partial charge in [-0.15, -0.1) is 0 Å². The second-order valence-corrected chi connectivity index (χ2v) is 0.955. The number of halogens is 1. The molecule has 0 rings (SSSR count). The Kier molecular flexibility index (Phi) is 2.58. The summed E-state index contributed by atoms with van der Waals surface area (Å²) < 4.78 is 10.5. The molecule has 0 radical (unpaired) electrons. The molecule has 0 atom stereocenters. The molecule has 2 nitrogen and oxygen atoms in total. The summed E-state index contributed by atoms with van der Waals surface area (Å²) in [5.74, 6) is -0.308. The Morgan fingerprint density at radius 3 is 2.50 bits per heavy atom. The van der Waals surface area contributed by atoms with Gasteiger partial charge in [-0.3, -0.25) is 4.79 Å². The summed E-state index contributed by atoms with van der Waals surface area (Å²) in [6, 6.07) is 0. The Morgan fingerprint density at radius 1 is 2.00 bits per heavy atom. The lowest BCUT2D eigenvalue weighted by Gasteiger charge is -1.78. The molecule has 0 saturated carbocycles. The molecule has 0 bridgehead atoms. The monoisotopic (exact) mass is 92.0 g/mol. The van der Waals surface area contributed by atoms with Gasteiger partial charge in [0.05, 0.1) is 0 Å². The molecule has 0 aromatic carbocycles. The molecule has 0 spiro atoms. The summed E-state index contributed by atoms with van der Waals surface area (Å²) in [7, 11) is 0. The summed E-state index contributed by atoms with van der Waals surface area (Å²) in [6.45, 7) is 0.819. The van der Waals surface area contributed by atoms with Gasteiger partial charge in [0.25, 0.3) is 0 Å². The summed E-state index contributed by atoms with van der Waals surface area (Å²) in [4.78, 5) is 12.6. The first-order chi connectivity index (χ1) is 2.77. The highest BCUT2D eigenvalue weighted by Gasteiger charge is 1.87. The number of carbonyl (C=O) groups is 1. The van der Waals surface area contributed by atoms with Crippen LogP contribution in [-0.4, -0.2) is 12.4 Å². The van der Waals surface area contributed by atoms with E-state index >= 15 is 0 Å². The molecule has 0 amide bonds. The van der Waals surface area contributed by atoms with Crippen LogP contribution in [-0.2, 0) is 9.74 Å². The van der Waals surface area contributed by atoms with Crippen molar-refractivity contribution in [2.75, 3.05) is 6.61 Å². The fourth-order valence-corrected chi connectivity index (χ4v) is 0.0768. The SMILES string of the molecule is CC(=O)COF. The molecule has 0 unspecified atom stereocenters. The summed E-state index contributed by atoms with van der Waals surface area (Å²) in [6.07, 6.45) is 0. The van der Waals surface area contributed by atoms with Gasteiger partial charge in [-0.1, -0.05) is 0 Å². The molecule has 0 N–H and O–H groups in total. The van der Waals surface area contributed by atoms with Gasteiger partial charge in [-0.05, 0) is 11.4 Å². The molecular weight excluding hydrogens is 87.0 g/mol. The van der Waals surface area contributed by atoms with Gasteiger partial charge in [0, 0.05) is 0 Å². The van der Waals surface area contributed by atoms with Crippen LogP contribution in [0.2, 0.25) is 0 Å². The lowest BCUT2D eigenvalue weighted by Crippen LogP contribution is -1.96. The zero-order valence-electron chi connectivity index (χ0n) is 3.40. The first-order valence-corrected chi connectivity index (χ1v) is 1.50. The van der Waals surface area contributed by atoms with Crippen molar-refractivity contribution in [3.63, 3.8) is 0 Å². The molecule has 0 aliphatic carbocycles. The molecule has 0 aromatic rings. The van der Waals surface area contributed by atoms with E-state index in [1.54, 1.807) is 0 Å². The van der Waals surface area contributed by atoms with E-state index in [-0.39, 0.29) is 5.78 Å². The minimum atomic E-state index is -0.431. The molecule has 0 saturated heterocycles. The van der Waals surface area contributed by atoms with Gasteiger partial charge in [0.1, 0.15) is 6.61 Å². The van der Waals surface area contributed by atoms with E-state index in [4.69, 9.17) is 0 Å². The highest BCUT2D eigenvalue weighted by Crippen LogP contribution is 1.71. The number of Topliss-reactive ketones (excluding diaryl/α,β-unsaturated/α-hetero) is 1. The van der Waals surface area contributed by atoms with Crippen LogP contribution in [0.1, 0.15) is 6.92 Å². The van der Waals surface area contributed by atoms with Crippen LogP contribution in [0.3, 0.4) is 0 Å². The molecule has 0 heterocycles. The van der Waals surface area contributed by atoms with Gasteiger partial charge in [0.15, 0.2) is 5.78 Å². The van der Waals surface area contributed by atoms with Crippen molar-refractivity contribution < 1.29 is 14.3 Å². The van der Waals surface area contributed by atoms with E-state index in [9.17, 15) is 9.32 Å². The van der Waals surface area contributed by atoms with Crippen molar-refractivity contribution >= 4 is 5.78 Å². The topological polar surface area (TPSA) is 26.3 Å². The summed E-state index contributed by atoms with van der Waals surface area (Å²) >= 11 is 0. The summed E-state index contributed by atoms with van der Waals surface area (Å²) in [5.41, 5.74) is 0. The summed E-state index contributed by atoms with van der Waals surface area (Å²) in [5, 5.41) is 0. The highest BCUT2D eigenvalue weighted by atomic mass is 19.3. The van der Waals surface area contributed by atoms with Crippen LogP contribution in [0.5, 0.6) is 0 Å². The van der Waals surface area contributed by atoms with E-state index in [2.05, 4.69) is 4.94 Å². The third-order valence-corrected chi connectivity index (χ3v) is 0.258. The first-order valence-electron chi connectivity index (χ1n) is 1.50. The molecule has 0 aliphatic heterocycles. The lowest BCUT2D eigenvalue weighted by molar-refractivity contribution is -0.153. The van der Waals surface area contributed by atoms with Crippen molar-refractivity contribution in [2.45, 2.75) is 6.92 Å².